The molecular weight excluding hydrogens is 373 g/mol. The van der Waals surface area contributed by atoms with Gasteiger partial charge in [0.2, 0.25) is 0 Å². The number of aryl methyl sites for hydroxylation is 1. The van der Waals surface area contributed by atoms with E-state index in [-0.39, 0.29) is 24.4 Å². The monoisotopic (exact) mass is 392 g/mol. The summed E-state index contributed by atoms with van der Waals surface area (Å²) in [5.41, 5.74) is 1.30. The zero-order chi connectivity index (χ0) is 12.9. The summed E-state index contributed by atoms with van der Waals surface area (Å²) in [5.74, 6) is -0.816. The van der Waals surface area contributed by atoms with Gasteiger partial charge in [0.15, 0.2) is 0 Å². The molecule has 0 saturated carbocycles. The molecule has 0 spiro atoms. The van der Waals surface area contributed by atoms with Gasteiger partial charge in [0.25, 0.3) is 0 Å². The van der Waals surface area contributed by atoms with Gasteiger partial charge in [-0.1, -0.05) is 0 Å². The van der Waals surface area contributed by atoms with Crippen LogP contribution in [-0.2, 0) is 6.42 Å². The number of hydrogen-bond donors (Lipinski definition) is 0. The molecule has 1 nitrogen and oxygen atoms in total. The zero-order valence-electron chi connectivity index (χ0n) is 11.1. The predicted octanol–water partition coefficient (Wildman–Crippen LogP) is 0.874. The SMILES string of the molecule is [1H]C([2H])([2H])[Se][Se][Se]c1ccc(OC)cc1CC. The average molecular weight is 389 g/mol. The third kappa shape index (κ3) is 3.62. The van der Waals surface area contributed by atoms with Crippen molar-refractivity contribution in [1.29, 1.82) is 0 Å². The summed E-state index contributed by atoms with van der Waals surface area (Å²) in [7, 11) is 1.67. The molecule has 0 aliphatic rings. The van der Waals surface area contributed by atoms with Crippen molar-refractivity contribution >= 4 is 42.0 Å². The third-order valence-electron chi connectivity index (χ3n) is 1.81. The van der Waals surface area contributed by atoms with Gasteiger partial charge in [-0.05, 0) is 0 Å². The molecule has 0 fully saturated rings. The van der Waals surface area contributed by atoms with Crippen LogP contribution in [0.25, 0.3) is 0 Å². The van der Waals surface area contributed by atoms with Gasteiger partial charge >= 0.3 is 107 Å². The Morgan fingerprint density at radius 3 is 3.14 bits per heavy atom. The van der Waals surface area contributed by atoms with E-state index in [0.717, 1.165) is 12.2 Å². The van der Waals surface area contributed by atoms with Gasteiger partial charge in [-0.25, -0.2) is 0 Å². The molecule has 0 amide bonds. The van der Waals surface area contributed by atoms with Crippen LogP contribution in [0.2, 0.25) is 5.75 Å². The number of methoxy groups -OCH3 is 1. The van der Waals surface area contributed by atoms with Crippen LogP contribution in [0.5, 0.6) is 5.75 Å². The molecular formula is C10H14OSe3. The molecule has 1 aromatic rings. The molecule has 1 aromatic carbocycles. The number of benzene rings is 1. The van der Waals surface area contributed by atoms with Crippen molar-refractivity contribution in [1.82, 2.24) is 0 Å². The molecule has 0 aromatic heterocycles. The van der Waals surface area contributed by atoms with Crippen molar-refractivity contribution in [2.24, 2.45) is 0 Å². The Labute approximate surface area is 106 Å². The molecule has 4 heteroatoms. The van der Waals surface area contributed by atoms with E-state index in [1.54, 1.807) is 7.11 Å². The minimum atomic E-state index is -1.70. The summed E-state index contributed by atoms with van der Waals surface area (Å²) in [6.07, 6.45) is 0.977. The Morgan fingerprint density at radius 1 is 1.64 bits per heavy atom. The first-order valence-electron chi connectivity index (χ1n) is 5.65. The van der Waals surface area contributed by atoms with E-state index in [4.69, 9.17) is 8.85 Å². The van der Waals surface area contributed by atoms with E-state index < -0.39 is 5.75 Å². The van der Waals surface area contributed by atoms with Gasteiger partial charge in [0.05, 0.1) is 0 Å². The van der Waals surface area contributed by atoms with E-state index in [9.17, 15) is 0 Å². The molecule has 0 radical (unpaired) electrons. The normalized spacial score (nSPS) is 14.3. The van der Waals surface area contributed by atoms with Gasteiger partial charge in [-0.3, -0.25) is 0 Å². The fraction of sp³-hybridized carbons (Fsp3) is 0.400. The van der Waals surface area contributed by atoms with Gasteiger partial charge in [0, 0.05) is 0 Å². The predicted molar refractivity (Wildman–Crippen MR) is 65.1 cm³/mol. The van der Waals surface area contributed by atoms with E-state index in [2.05, 4.69) is 19.1 Å². The van der Waals surface area contributed by atoms with Crippen LogP contribution in [0.4, 0.5) is 0 Å². The van der Waals surface area contributed by atoms with Crippen molar-refractivity contribution < 1.29 is 8.85 Å². The first-order valence-corrected chi connectivity index (χ1v) is 14.5. The molecule has 0 saturated heterocycles. The Kier molecular flexibility index (Phi) is 4.32. The van der Waals surface area contributed by atoms with Crippen molar-refractivity contribution in [3.8, 4) is 5.75 Å². The molecule has 0 unspecified atom stereocenters. The zero-order valence-corrected chi connectivity index (χ0v) is 13.2. The Hall–Kier alpha value is 0.578. The Balaban J connectivity index is 2.64. The Morgan fingerprint density at radius 2 is 2.50 bits per heavy atom. The summed E-state index contributed by atoms with van der Waals surface area (Å²) in [4.78, 5) is 0. The molecule has 0 N–H and O–H groups in total. The first-order chi connectivity index (χ1) is 7.96. The van der Waals surface area contributed by atoms with E-state index in [1.165, 1.54) is 10.0 Å². The van der Waals surface area contributed by atoms with Gasteiger partial charge in [0.1, 0.15) is 0 Å². The van der Waals surface area contributed by atoms with Gasteiger partial charge in [-0.15, -0.1) is 0 Å². The summed E-state index contributed by atoms with van der Waals surface area (Å²) >= 11 is 0.410. The van der Waals surface area contributed by atoms with Gasteiger partial charge in [-0.2, -0.15) is 0 Å². The van der Waals surface area contributed by atoms with Crippen molar-refractivity contribution in [2.75, 3.05) is 7.11 Å². The average Bonchev–Trinajstić information content (AvgIpc) is 2.27. The van der Waals surface area contributed by atoms with Crippen LogP contribution >= 0.6 is 0 Å². The molecule has 0 atom stereocenters. The molecule has 0 heterocycles. The maximum atomic E-state index is 7.23. The third-order valence-corrected chi connectivity index (χ3v) is 14.5. The number of hydrogen-bond acceptors (Lipinski definition) is 1. The van der Waals surface area contributed by atoms with E-state index in [0.29, 0.717) is 13.1 Å². The van der Waals surface area contributed by atoms with Crippen molar-refractivity contribution in [2.45, 2.75) is 19.1 Å². The van der Waals surface area contributed by atoms with Crippen LogP contribution in [0.3, 0.4) is 0 Å². The van der Waals surface area contributed by atoms with E-state index >= 15 is 0 Å². The summed E-state index contributed by atoms with van der Waals surface area (Å²) < 4.78 is 28.2. The fourth-order valence-electron chi connectivity index (χ4n) is 1.09. The number of ether oxygens (including phenoxy) is 1. The molecule has 78 valence electrons. The fourth-order valence-corrected chi connectivity index (χ4v) is 11.3. The number of rotatable bonds is 5. The summed E-state index contributed by atoms with van der Waals surface area (Å²) in [6, 6.07) is 6.12. The second-order valence-corrected chi connectivity index (χ2v) is 17.3. The second kappa shape index (κ2) is 6.95. The van der Waals surface area contributed by atoms with Gasteiger partial charge < -0.3 is 0 Å². The minimum absolute atomic E-state index is 0.190. The molecule has 1 rings (SSSR count). The standard InChI is InChI=1S/C10H14OSe3/c1-4-8-7-9(11-2)5-6-10(8)13-14-12-3/h5-7H,4H2,1-3H3/i3D2H. The summed E-state index contributed by atoms with van der Waals surface area (Å²) in [5, 5.41) is 0. The van der Waals surface area contributed by atoms with Crippen LogP contribution in [-0.4, -0.2) is 44.7 Å². The molecule has 0 bridgehead atoms. The quantitative estimate of drug-likeness (QED) is 0.680. The van der Waals surface area contributed by atoms with Crippen LogP contribution in [0, 0.1) is 0 Å². The van der Waals surface area contributed by atoms with E-state index in [1.807, 2.05) is 6.07 Å². The molecule has 0 aliphatic heterocycles. The second-order valence-electron chi connectivity index (χ2n) is 2.56. The molecule has 14 heavy (non-hydrogen) atoms. The van der Waals surface area contributed by atoms with Crippen molar-refractivity contribution in [3.63, 3.8) is 0 Å². The topological polar surface area (TPSA) is 9.23 Å². The Bertz CT molecular complexity index is 368. The van der Waals surface area contributed by atoms with Crippen LogP contribution in [0.15, 0.2) is 18.2 Å². The van der Waals surface area contributed by atoms with Crippen molar-refractivity contribution in [3.05, 3.63) is 23.8 Å². The molecule has 0 aliphatic carbocycles. The van der Waals surface area contributed by atoms with Crippen LogP contribution < -0.4 is 9.20 Å². The first kappa shape index (κ1) is 8.70. The van der Waals surface area contributed by atoms with Crippen LogP contribution in [0.1, 0.15) is 16.6 Å². The summed E-state index contributed by atoms with van der Waals surface area (Å²) in [6.45, 7) is 2.12. The maximum absolute atomic E-state index is 7.23.